The van der Waals surface area contributed by atoms with Gasteiger partial charge in [-0.15, -0.1) is 0 Å². The standard InChI is InChI=1S/C8H14/c1-3-7(2)6-8(7)4-5-8/h3-6H2,1-2H3. The summed E-state index contributed by atoms with van der Waals surface area (Å²) >= 11 is 0. The van der Waals surface area contributed by atoms with Crippen molar-refractivity contribution >= 4 is 0 Å². The first-order chi connectivity index (χ1) is 3.72. The average Bonchev–Trinajstić information content (AvgIpc) is 2.57. The van der Waals surface area contributed by atoms with E-state index in [-0.39, 0.29) is 0 Å². The molecule has 2 saturated carbocycles. The molecule has 0 aromatic rings. The fraction of sp³-hybridized carbons (Fsp3) is 1.00. The molecule has 0 saturated heterocycles. The van der Waals surface area contributed by atoms with Crippen LogP contribution in [0.5, 0.6) is 0 Å². The smallest absolute Gasteiger partial charge is 0.0238 e. The van der Waals surface area contributed by atoms with Gasteiger partial charge in [0.1, 0.15) is 0 Å². The second-order valence-electron chi connectivity index (χ2n) is 3.87. The molecule has 1 atom stereocenters. The molecule has 0 aromatic carbocycles. The number of hydrogen-bond donors (Lipinski definition) is 0. The van der Waals surface area contributed by atoms with Crippen molar-refractivity contribution in [2.75, 3.05) is 0 Å². The summed E-state index contributed by atoms with van der Waals surface area (Å²) in [5, 5.41) is 0. The molecular formula is C8H14. The topological polar surface area (TPSA) is 0 Å². The van der Waals surface area contributed by atoms with Crippen LogP contribution in [-0.4, -0.2) is 0 Å². The highest BCUT2D eigenvalue weighted by Crippen LogP contribution is 2.79. The Balaban J connectivity index is 2.11. The molecule has 0 nitrogen and oxygen atoms in total. The van der Waals surface area contributed by atoms with Crippen LogP contribution in [0.25, 0.3) is 0 Å². The summed E-state index contributed by atoms with van der Waals surface area (Å²) in [7, 11) is 0. The first-order valence-corrected chi connectivity index (χ1v) is 3.72. The molecule has 2 fully saturated rings. The molecular weight excluding hydrogens is 96.1 g/mol. The minimum atomic E-state index is 0.799. The Bertz CT molecular complexity index is 122. The lowest BCUT2D eigenvalue weighted by Crippen LogP contribution is -1.93. The Kier molecular flexibility index (Phi) is 0.595. The van der Waals surface area contributed by atoms with E-state index in [4.69, 9.17) is 0 Å². The van der Waals surface area contributed by atoms with Crippen LogP contribution >= 0.6 is 0 Å². The van der Waals surface area contributed by atoms with Crippen LogP contribution in [0.15, 0.2) is 0 Å². The molecule has 2 rings (SSSR count). The van der Waals surface area contributed by atoms with Gasteiger partial charge in [-0.3, -0.25) is 0 Å². The third-order valence-electron chi connectivity index (χ3n) is 3.52. The van der Waals surface area contributed by atoms with Crippen LogP contribution < -0.4 is 0 Å². The van der Waals surface area contributed by atoms with Gasteiger partial charge in [0.05, 0.1) is 0 Å². The van der Waals surface area contributed by atoms with Crippen LogP contribution in [0.3, 0.4) is 0 Å². The average molecular weight is 110 g/mol. The Morgan fingerprint density at radius 2 is 2.00 bits per heavy atom. The SMILES string of the molecule is CCC1(C)CC12CC2. The molecule has 0 amide bonds. The monoisotopic (exact) mass is 110 g/mol. The van der Waals surface area contributed by atoms with Gasteiger partial charge in [-0.25, -0.2) is 0 Å². The van der Waals surface area contributed by atoms with E-state index in [0.29, 0.717) is 0 Å². The van der Waals surface area contributed by atoms with Crippen molar-refractivity contribution in [3.8, 4) is 0 Å². The first kappa shape index (κ1) is 4.84. The van der Waals surface area contributed by atoms with E-state index in [9.17, 15) is 0 Å². The third kappa shape index (κ3) is 0.340. The summed E-state index contributed by atoms with van der Waals surface area (Å²) in [5.41, 5.74) is 1.70. The van der Waals surface area contributed by atoms with Crippen molar-refractivity contribution in [2.24, 2.45) is 10.8 Å². The van der Waals surface area contributed by atoms with Gasteiger partial charge < -0.3 is 0 Å². The zero-order valence-corrected chi connectivity index (χ0v) is 5.83. The summed E-state index contributed by atoms with van der Waals surface area (Å²) in [6.45, 7) is 4.77. The lowest BCUT2D eigenvalue weighted by molar-refractivity contribution is 0.476. The molecule has 0 heterocycles. The highest BCUT2D eigenvalue weighted by molar-refractivity contribution is 5.19. The van der Waals surface area contributed by atoms with E-state index < -0.39 is 0 Å². The Hall–Kier alpha value is 0. The molecule has 0 N–H and O–H groups in total. The van der Waals surface area contributed by atoms with Crippen molar-refractivity contribution in [1.82, 2.24) is 0 Å². The van der Waals surface area contributed by atoms with E-state index in [0.717, 1.165) is 10.8 Å². The third-order valence-corrected chi connectivity index (χ3v) is 3.52. The maximum Gasteiger partial charge on any atom is -0.0238 e. The normalized spacial score (nSPS) is 47.2. The molecule has 1 spiro atoms. The summed E-state index contributed by atoms with van der Waals surface area (Å²) in [6, 6.07) is 0. The minimum Gasteiger partial charge on any atom is -0.0648 e. The molecule has 0 aliphatic heterocycles. The number of rotatable bonds is 1. The largest absolute Gasteiger partial charge is 0.0648 e. The van der Waals surface area contributed by atoms with Crippen LogP contribution in [0.2, 0.25) is 0 Å². The minimum absolute atomic E-state index is 0.799. The van der Waals surface area contributed by atoms with E-state index in [1.54, 1.807) is 0 Å². The maximum atomic E-state index is 2.44. The zero-order valence-electron chi connectivity index (χ0n) is 5.83. The fourth-order valence-electron chi connectivity index (χ4n) is 2.13. The van der Waals surface area contributed by atoms with Crippen LogP contribution in [0, 0.1) is 10.8 Å². The summed E-state index contributed by atoms with van der Waals surface area (Å²) in [6.07, 6.45) is 6.03. The lowest BCUT2D eigenvalue weighted by atomic mass is 10.0. The molecule has 2 aliphatic carbocycles. The van der Waals surface area contributed by atoms with Gasteiger partial charge in [0, 0.05) is 0 Å². The number of hydrogen-bond acceptors (Lipinski definition) is 0. The molecule has 0 radical (unpaired) electrons. The highest BCUT2D eigenvalue weighted by Gasteiger charge is 2.69. The van der Waals surface area contributed by atoms with E-state index in [1.807, 2.05) is 0 Å². The second kappa shape index (κ2) is 0.984. The van der Waals surface area contributed by atoms with Crippen molar-refractivity contribution in [1.29, 1.82) is 0 Å². The molecule has 0 heteroatoms. The second-order valence-corrected chi connectivity index (χ2v) is 3.87. The quantitative estimate of drug-likeness (QED) is 0.486. The van der Waals surface area contributed by atoms with Gasteiger partial charge >= 0.3 is 0 Å². The Morgan fingerprint density at radius 3 is 2.12 bits per heavy atom. The molecule has 1 unspecified atom stereocenters. The van der Waals surface area contributed by atoms with E-state index >= 15 is 0 Å². The molecule has 0 bridgehead atoms. The summed E-state index contributed by atoms with van der Waals surface area (Å²) < 4.78 is 0. The van der Waals surface area contributed by atoms with Gasteiger partial charge in [-0.1, -0.05) is 20.3 Å². The van der Waals surface area contributed by atoms with Crippen LogP contribution in [-0.2, 0) is 0 Å². The van der Waals surface area contributed by atoms with Gasteiger partial charge in [-0.2, -0.15) is 0 Å². The predicted octanol–water partition coefficient (Wildman–Crippen LogP) is 2.59. The van der Waals surface area contributed by atoms with Gasteiger partial charge in [0.25, 0.3) is 0 Å². The molecule has 46 valence electrons. The van der Waals surface area contributed by atoms with Gasteiger partial charge in [0.15, 0.2) is 0 Å². The zero-order chi connectivity index (χ0) is 5.83. The van der Waals surface area contributed by atoms with Crippen molar-refractivity contribution < 1.29 is 0 Å². The fourth-order valence-corrected chi connectivity index (χ4v) is 2.13. The Labute approximate surface area is 51.3 Å². The van der Waals surface area contributed by atoms with Crippen molar-refractivity contribution in [2.45, 2.75) is 39.5 Å². The Morgan fingerprint density at radius 1 is 1.38 bits per heavy atom. The lowest BCUT2D eigenvalue weighted by Gasteiger charge is -2.02. The summed E-state index contributed by atoms with van der Waals surface area (Å²) in [4.78, 5) is 0. The van der Waals surface area contributed by atoms with E-state index in [2.05, 4.69) is 13.8 Å². The highest BCUT2D eigenvalue weighted by atomic mass is 14.7. The molecule has 2 aliphatic rings. The van der Waals surface area contributed by atoms with Gasteiger partial charge in [-0.05, 0) is 30.1 Å². The predicted molar refractivity (Wildman–Crippen MR) is 34.7 cm³/mol. The maximum absolute atomic E-state index is 2.44. The molecule has 8 heavy (non-hydrogen) atoms. The van der Waals surface area contributed by atoms with Gasteiger partial charge in [0.2, 0.25) is 0 Å². The van der Waals surface area contributed by atoms with Crippen LogP contribution in [0.4, 0.5) is 0 Å². The summed E-state index contributed by atoms with van der Waals surface area (Å²) in [5.74, 6) is 0. The molecule has 0 aromatic heterocycles. The first-order valence-electron chi connectivity index (χ1n) is 3.72. The van der Waals surface area contributed by atoms with Crippen molar-refractivity contribution in [3.63, 3.8) is 0 Å². The van der Waals surface area contributed by atoms with E-state index in [1.165, 1.54) is 25.7 Å². The van der Waals surface area contributed by atoms with Crippen LogP contribution in [0.1, 0.15) is 39.5 Å². The van der Waals surface area contributed by atoms with Crippen molar-refractivity contribution in [3.05, 3.63) is 0 Å².